The molecule has 0 rings (SSSR count). The highest BCUT2D eigenvalue weighted by atomic mass is 16.8. The van der Waals surface area contributed by atoms with Gasteiger partial charge in [0.1, 0.15) is 6.23 Å². The molecule has 4 heteroatoms. The molecule has 0 aromatic carbocycles. The van der Waals surface area contributed by atoms with E-state index >= 15 is 0 Å². The zero-order valence-electron chi connectivity index (χ0n) is 10.3. The predicted molar refractivity (Wildman–Crippen MR) is 55.9 cm³/mol. The van der Waals surface area contributed by atoms with Gasteiger partial charge in [-0.1, -0.05) is 0 Å². The Bertz CT molecular complexity index is 159. The maximum Gasteiger partial charge on any atom is 0.165 e. The van der Waals surface area contributed by atoms with Crippen molar-refractivity contribution in [2.75, 3.05) is 21.2 Å². The van der Waals surface area contributed by atoms with E-state index in [1.165, 1.54) is 0 Å². The minimum absolute atomic E-state index is 0.0256. The molecule has 0 saturated carbocycles. The van der Waals surface area contributed by atoms with Gasteiger partial charge < -0.3 is 14.2 Å². The molecular formula is C10H23NO3. The molecule has 2 unspecified atom stereocenters. The van der Waals surface area contributed by atoms with E-state index in [9.17, 15) is 0 Å². The van der Waals surface area contributed by atoms with Gasteiger partial charge in [-0.2, -0.15) is 0 Å². The SMILES string of the molecule is COC(C)(C)OC(C)OC(C)N(C)C. The average molecular weight is 205 g/mol. The zero-order chi connectivity index (χ0) is 11.4. The molecule has 0 bridgehead atoms. The van der Waals surface area contributed by atoms with Crippen molar-refractivity contribution in [3.8, 4) is 0 Å². The third-order valence-corrected chi connectivity index (χ3v) is 2.06. The Morgan fingerprint density at radius 1 is 1.14 bits per heavy atom. The van der Waals surface area contributed by atoms with Crippen molar-refractivity contribution in [2.24, 2.45) is 0 Å². The van der Waals surface area contributed by atoms with E-state index in [2.05, 4.69) is 0 Å². The average Bonchev–Trinajstić information content (AvgIpc) is 2.02. The quantitative estimate of drug-likeness (QED) is 0.617. The molecule has 0 aromatic heterocycles. The summed E-state index contributed by atoms with van der Waals surface area (Å²) in [4.78, 5) is 1.97. The first-order chi connectivity index (χ1) is 6.28. The van der Waals surface area contributed by atoms with Gasteiger partial charge in [0.25, 0.3) is 0 Å². The van der Waals surface area contributed by atoms with Crippen LogP contribution >= 0.6 is 0 Å². The molecule has 86 valence electrons. The smallest absolute Gasteiger partial charge is 0.165 e. The van der Waals surface area contributed by atoms with Crippen LogP contribution in [-0.2, 0) is 14.2 Å². The minimum Gasteiger partial charge on any atom is -0.354 e. The highest BCUT2D eigenvalue weighted by Crippen LogP contribution is 2.14. The lowest BCUT2D eigenvalue weighted by molar-refractivity contribution is -0.296. The number of ether oxygens (including phenoxy) is 3. The summed E-state index contributed by atoms with van der Waals surface area (Å²) in [5.41, 5.74) is 0. The fourth-order valence-electron chi connectivity index (χ4n) is 0.875. The van der Waals surface area contributed by atoms with Crippen LogP contribution in [0, 0.1) is 0 Å². The molecule has 0 saturated heterocycles. The first-order valence-corrected chi connectivity index (χ1v) is 4.83. The highest BCUT2D eigenvalue weighted by molar-refractivity contribution is 4.54. The van der Waals surface area contributed by atoms with Crippen molar-refractivity contribution in [1.29, 1.82) is 0 Å². The van der Waals surface area contributed by atoms with Gasteiger partial charge in [0.05, 0.1) is 0 Å². The van der Waals surface area contributed by atoms with Crippen LogP contribution in [0.25, 0.3) is 0 Å². The van der Waals surface area contributed by atoms with E-state index in [1.807, 2.05) is 46.7 Å². The maximum atomic E-state index is 5.57. The lowest BCUT2D eigenvalue weighted by Crippen LogP contribution is -2.37. The Labute approximate surface area is 87.1 Å². The summed E-state index contributed by atoms with van der Waals surface area (Å²) in [5, 5.41) is 0. The van der Waals surface area contributed by atoms with Crippen molar-refractivity contribution in [1.82, 2.24) is 4.90 Å². The molecule has 0 heterocycles. The Kier molecular flexibility index (Phi) is 5.59. The Balaban J connectivity index is 3.92. The standard InChI is InChI=1S/C10H23NO3/c1-8(11(5)6)13-9(2)14-10(3,4)12-7/h8-9H,1-7H3. The van der Waals surface area contributed by atoms with Crippen LogP contribution in [0.3, 0.4) is 0 Å². The predicted octanol–water partition coefficient (Wildman–Crippen LogP) is 1.66. The largest absolute Gasteiger partial charge is 0.354 e. The molecule has 0 fully saturated rings. The van der Waals surface area contributed by atoms with Gasteiger partial charge in [-0.25, -0.2) is 0 Å². The van der Waals surface area contributed by atoms with Gasteiger partial charge in [-0.05, 0) is 41.8 Å². The second-order valence-electron chi connectivity index (χ2n) is 3.99. The first-order valence-electron chi connectivity index (χ1n) is 4.83. The molecule has 0 N–H and O–H groups in total. The van der Waals surface area contributed by atoms with Gasteiger partial charge in [0, 0.05) is 7.11 Å². The van der Waals surface area contributed by atoms with Gasteiger partial charge in [0.2, 0.25) is 0 Å². The Hall–Kier alpha value is -0.160. The van der Waals surface area contributed by atoms with Crippen molar-refractivity contribution in [3.63, 3.8) is 0 Å². The van der Waals surface area contributed by atoms with Crippen LogP contribution in [0.5, 0.6) is 0 Å². The van der Waals surface area contributed by atoms with Crippen LogP contribution in [0.4, 0.5) is 0 Å². The molecule has 2 atom stereocenters. The monoisotopic (exact) mass is 205 g/mol. The summed E-state index contributed by atoms with van der Waals surface area (Å²) in [7, 11) is 5.53. The fraction of sp³-hybridized carbons (Fsp3) is 1.00. The summed E-state index contributed by atoms with van der Waals surface area (Å²) in [6.45, 7) is 7.54. The third-order valence-electron chi connectivity index (χ3n) is 2.06. The molecule has 0 aliphatic rings. The molecular weight excluding hydrogens is 182 g/mol. The number of hydrogen-bond donors (Lipinski definition) is 0. The molecule has 4 nitrogen and oxygen atoms in total. The summed E-state index contributed by atoms with van der Waals surface area (Å²) in [6.07, 6.45) is -0.264. The fourth-order valence-corrected chi connectivity index (χ4v) is 0.875. The molecule has 0 aromatic rings. The van der Waals surface area contributed by atoms with Gasteiger partial charge in [-0.3, -0.25) is 4.90 Å². The summed E-state index contributed by atoms with van der Waals surface area (Å²) >= 11 is 0. The van der Waals surface area contributed by atoms with Crippen molar-refractivity contribution < 1.29 is 14.2 Å². The second kappa shape index (κ2) is 5.66. The molecule has 0 aliphatic heterocycles. The van der Waals surface area contributed by atoms with Crippen molar-refractivity contribution in [3.05, 3.63) is 0 Å². The van der Waals surface area contributed by atoms with E-state index in [1.54, 1.807) is 7.11 Å². The van der Waals surface area contributed by atoms with Gasteiger partial charge in [0.15, 0.2) is 12.1 Å². The van der Waals surface area contributed by atoms with Crippen LogP contribution in [0.2, 0.25) is 0 Å². The molecule has 0 spiro atoms. The van der Waals surface area contributed by atoms with E-state index in [0.29, 0.717) is 0 Å². The summed E-state index contributed by atoms with van der Waals surface area (Å²) < 4.78 is 16.2. The lowest BCUT2D eigenvalue weighted by atomic mass is 10.4. The van der Waals surface area contributed by atoms with Crippen LogP contribution < -0.4 is 0 Å². The Morgan fingerprint density at radius 2 is 1.64 bits per heavy atom. The number of hydrogen-bond acceptors (Lipinski definition) is 4. The normalized spacial score (nSPS) is 17.1. The van der Waals surface area contributed by atoms with Gasteiger partial charge in [-0.15, -0.1) is 0 Å². The van der Waals surface area contributed by atoms with Gasteiger partial charge >= 0.3 is 0 Å². The van der Waals surface area contributed by atoms with Crippen molar-refractivity contribution in [2.45, 2.75) is 46.0 Å². The zero-order valence-corrected chi connectivity index (χ0v) is 10.3. The minimum atomic E-state index is -0.606. The lowest BCUT2D eigenvalue weighted by Gasteiger charge is -2.30. The number of methoxy groups -OCH3 is 1. The van der Waals surface area contributed by atoms with E-state index in [0.717, 1.165) is 0 Å². The first kappa shape index (κ1) is 13.8. The van der Waals surface area contributed by atoms with E-state index < -0.39 is 5.79 Å². The maximum absolute atomic E-state index is 5.57. The molecule has 14 heavy (non-hydrogen) atoms. The molecule has 0 aliphatic carbocycles. The highest BCUT2D eigenvalue weighted by Gasteiger charge is 2.22. The van der Waals surface area contributed by atoms with Crippen molar-refractivity contribution >= 4 is 0 Å². The number of rotatable bonds is 6. The van der Waals surface area contributed by atoms with Crippen LogP contribution in [0.1, 0.15) is 27.7 Å². The van der Waals surface area contributed by atoms with E-state index in [-0.39, 0.29) is 12.5 Å². The third kappa shape index (κ3) is 5.54. The second-order valence-corrected chi connectivity index (χ2v) is 3.99. The summed E-state index contributed by atoms with van der Waals surface area (Å²) in [6, 6.07) is 0. The van der Waals surface area contributed by atoms with Crippen LogP contribution in [-0.4, -0.2) is 44.4 Å². The number of nitrogens with zero attached hydrogens (tertiary/aromatic N) is 1. The summed E-state index contributed by atoms with van der Waals surface area (Å²) in [5.74, 6) is -0.606. The molecule has 0 radical (unpaired) electrons. The molecule has 0 amide bonds. The van der Waals surface area contributed by atoms with E-state index in [4.69, 9.17) is 14.2 Å². The Morgan fingerprint density at radius 3 is 2.00 bits per heavy atom. The van der Waals surface area contributed by atoms with Crippen LogP contribution in [0.15, 0.2) is 0 Å². The topological polar surface area (TPSA) is 30.9 Å².